The third kappa shape index (κ3) is 2.01. The maximum Gasteiger partial charge on any atom is 0.197 e. The molecule has 120 valence electrons. The number of rotatable bonds is 2. The number of benzene rings is 2. The second kappa shape index (κ2) is 4.88. The molecule has 1 unspecified atom stereocenters. The Morgan fingerprint density at radius 2 is 1.74 bits per heavy atom. The molecule has 0 aliphatic carbocycles. The van der Waals surface area contributed by atoms with E-state index < -0.39 is 0 Å². The summed E-state index contributed by atoms with van der Waals surface area (Å²) in [5.74, 6) is 3.22. The maximum atomic E-state index is 6.25. The maximum absolute atomic E-state index is 6.25. The molecule has 0 bridgehead atoms. The predicted molar refractivity (Wildman–Crippen MR) is 94.2 cm³/mol. The van der Waals surface area contributed by atoms with Crippen molar-refractivity contribution in [1.29, 1.82) is 0 Å². The molecule has 0 radical (unpaired) electrons. The van der Waals surface area contributed by atoms with E-state index in [1.165, 1.54) is 5.69 Å². The normalized spacial score (nSPS) is 19.0. The van der Waals surface area contributed by atoms with E-state index in [0.717, 1.165) is 33.9 Å². The first-order chi connectivity index (χ1) is 11.0. The zero-order valence-corrected chi connectivity index (χ0v) is 14.3. The van der Waals surface area contributed by atoms with Crippen LogP contribution >= 0.6 is 0 Å². The molecule has 0 saturated heterocycles. The van der Waals surface area contributed by atoms with E-state index >= 15 is 0 Å². The van der Waals surface area contributed by atoms with Crippen LogP contribution in [0.15, 0.2) is 29.3 Å². The van der Waals surface area contributed by atoms with Gasteiger partial charge in [0.25, 0.3) is 0 Å². The van der Waals surface area contributed by atoms with Crippen molar-refractivity contribution in [3.8, 4) is 11.5 Å². The van der Waals surface area contributed by atoms with Crippen molar-refractivity contribution < 1.29 is 9.47 Å². The van der Waals surface area contributed by atoms with Gasteiger partial charge in [0.15, 0.2) is 12.1 Å². The second-order valence-electron chi connectivity index (χ2n) is 6.99. The Bertz CT molecular complexity index is 824. The smallest absolute Gasteiger partial charge is 0.197 e. The van der Waals surface area contributed by atoms with Gasteiger partial charge in [0.05, 0.1) is 22.1 Å². The molecular formula is C19H22N2O2. The van der Waals surface area contributed by atoms with Crippen LogP contribution in [0.25, 0.3) is 10.8 Å². The fourth-order valence-electron chi connectivity index (χ4n) is 3.40. The van der Waals surface area contributed by atoms with E-state index in [4.69, 9.17) is 14.5 Å². The van der Waals surface area contributed by atoms with Crippen LogP contribution in [0, 0.1) is 11.8 Å². The van der Waals surface area contributed by atoms with Crippen LogP contribution in [0.4, 0.5) is 11.4 Å². The Morgan fingerprint density at radius 1 is 1.00 bits per heavy atom. The van der Waals surface area contributed by atoms with Crippen molar-refractivity contribution in [2.45, 2.75) is 33.9 Å². The molecule has 2 aliphatic rings. The molecule has 0 saturated carbocycles. The third-order valence-corrected chi connectivity index (χ3v) is 4.56. The first-order valence-corrected chi connectivity index (χ1v) is 8.23. The molecule has 2 aliphatic heterocycles. The van der Waals surface area contributed by atoms with Gasteiger partial charge in [-0.15, -0.1) is 0 Å². The molecule has 0 N–H and O–H groups in total. The Kier molecular flexibility index (Phi) is 3.05. The molecule has 1 atom stereocenters. The molecule has 2 aromatic rings. The Balaban J connectivity index is 1.97. The summed E-state index contributed by atoms with van der Waals surface area (Å²) < 4.78 is 12.3. The molecule has 2 heterocycles. The summed E-state index contributed by atoms with van der Waals surface area (Å²) in [6.45, 7) is 8.54. The van der Waals surface area contributed by atoms with Gasteiger partial charge in [-0.1, -0.05) is 27.7 Å². The standard InChI is InChI=1S/C19H22N2O2/c1-10(2)18-20-12-6-8-15-17-13(7-9-14(22-18)16(12)17)21(5)19(23-15)11(3)4/h6-11,19H,1-5H3. The largest absolute Gasteiger partial charge is 0.470 e. The van der Waals surface area contributed by atoms with Crippen LogP contribution in [0.3, 0.4) is 0 Å². The number of hydrogen-bond acceptors (Lipinski definition) is 4. The average Bonchev–Trinajstić information content (AvgIpc) is 2.53. The molecule has 23 heavy (non-hydrogen) atoms. The van der Waals surface area contributed by atoms with Gasteiger partial charge in [-0.2, -0.15) is 0 Å². The third-order valence-electron chi connectivity index (χ3n) is 4.56. The number of aliphatic imine (C=N–C) groups is 1. The van der Waals surface area contributed by atoms with E-state index in [9.17, 15) is 0 Å². The SMILES string of the molecule is CC(C)C1=Nc2ccc3c4c(ccc(c24)O1)N(C)C(C(C)C)O3. The highest BCUT2D eigenvalue weighted by Gasteiger charge is 2.31. The highest BCUT2D eigenvalue weighted by atomic mass is 16.5. The number of hydrogen-bond donors (Lipinski definition) is 0. The molecule has 4 heteroatoms. The summed E-state index contributed by atoms with van der Waals surface area (Å²) in [5.41, 5.74) is 2.15. The minimum Gasteiger partial charge on any atom is -0.470 e. The molecular weight excluding hydrogens is 288 g/mol. The van der Waals surface area contributed by atoms with E-state index in [-0.39, 0.29) is 12.1 Å². The second-order valence-corrected chi connectivity index (χ2v) is 6.99. The quantitative estimate of drug-likeness (QED) is 0.804. The van der Waals surface area contributed by atoms with Crippen LogP contribution < -0.4 is 14.4 Å². The van der Waals surface area contributed by atoms with Gasteiger partial charge in [-0.25, -0.2) is 4.99 Å². The van der Waals surface area contributed by atoms with Gasteiger partial charge in [0.2, 0.25) is 0 Å². The van der Waals surface area contributed by atoms with Crippen LogP contribution in [0.5, 0.6) is 11.5 Å². The average molecular weight is 310 g/mol. The lowest BCUT2D eigenvalue weighted by atomic mass is 10.00. The lowest BCUT2D eigenvalue weighted by Gasteiger charge is -2.39. The number of anilines is 1. The minimum absolute atomic E-state index is 0.0426. The van der Waals surface area contributed by atoms with E-state index in [0.29, 0.717) is 5.92 Å². The summed E-state index contributed by atoms with van der Waals surface area (Å²) in [7, 11) is 2.09. The summed E-state index contributed by atoms with van der Waals surface area (Å²) in [4.78, 5) is 6.91. The minimum atomic E-state index is 0.0426. The van der Waals surface area contributed by atoms with Crippen molar-refractivity contribution in [3.05, 3.63) is 24.3 Å². The highest BCUT2D eigenvalue weighted by Crippen LogP contribution is 2.49. The van der Waals surface area contributed by atoms with Crippen molar-refractivity contribution in [3.63, 3.8) is 0 Å². The van der Waals surface area contributed by atoms with Crippen molar-refractivity contribution in [1.82, 2.24) is 0 Å². The van der Waals surface area contributed by atoms with Crippen LogP contribution in [0.1, 0.15) is 27.7 Å². The molecule has 0 fully saturated rings. The van der Waals surface area contributed by atoms with Crippen molar-refractivity contribution in [2.24, 2.45) is 16.8 Å². The van der Waals surface area contributed by atoms with Gasteiger partial charge < -0.3 is 14.4 Å². The zero-order chi connectivity index (χ0) is 16.3. The first-order valence-electron chi connectivity index (χ1n) is 8.23. The number of ether oxygens (including phenoxy) is 2. The van der Waals surface area contributed by atoms with Crippen molar-refractivity contribution >= 4 is 28.0 Å². The van der Waals surface area contributed by atoms with Crippen LogP contribution in [0.2, 0.25) is 0 Å². The molecule has 0 aromatic heterocycles. The van der Waals surface area contributed by atoms with Gasteiger partial charge in [-0.3, -0.25) is 0 Å². The molecule has 0 spiro atoms. The Labute approximate surface area is 136 Å². The van der Waals surface area contributed by atoms with Gasteiger partial charge in [0, 0.05) is 18.9 Å². The topological polar surface area (TPSA) is 34.1 Å². The summed E-state index contributed by atoms with van der Waals surface area (Å²) in [6.07, 6.45) is 0.0426. The predicted octanol–water partition coefficient (Wildman–Crippen LogP) is 4.73. The highest BCUT2D eigenvalue weighted by molar-refractivity contribution is 6.11. The van der Waals surface area contributed by atoms with E-state index in [1.54, 1.807) is 0 Å². The Morgan fingerprint density at radius 3 is 2.43 bits per heavy atom. The summed E-state index contributed by atoms with van der Waals surface area (Å²) in [6, 6.07) is 8.27. The lowest BCUT2D eigenvalue weighted by molar-refractivity contribution is 0.149. The van der Waals surface area contributed by atoms with Crippen LogP contribution in [-0.2, 0) is 0 Å². The lowest BCUT2D eigenvalue weighted by Crippen LogP contribution is -2.43. The molecule has 4 rings (SSSR count). The molecule has 2 aromatic carbocycles. The Hall–Kier alpha value is -2.23. The van der Waals surface area contributed by atoms with Gasteiger partial charge in [0.1, 0.15) is 11.5 Å². The van der Waals surface area contributed by atoms with E-state index in [2.05, 4.69) is 51.8 Å². The fraction of sp³-hybridized carbons (Fsp3) is 0.421. The number of nitrogens with zero attached hydrogens (tertiary/aromatic N) is 2. The monoisotopic (exact) mass is 310 g/mol. The molecule has 4 nitrogen and oxygen atoms in total. The zero-order valence-electron chi connectivity index (χ0n) is 14.3. The first kappa shape index (κ1) is 14.4. The van der Waals surface area contributed by atoms with Crippen LogP contribution in [-0.4, -0.2) is 19.2 Å². The fourth-order valence-corrected chi connectivity index (χ4v) is 3.40. The van der Waals surface area contributed by atoms with E-state index in [1.807, 2.05) is 12.1 Å². The van der Waals surface area contributed by atoms with Gasteiger partial charge >= 0.3 is 0 Å². The van der Waals surface area contributed by atoms with Crippen molar-refractivity contribution in [2.75, 3.05) is 11.9 Å². The summed E-state index contributed by atoms with van der Waals surface area (Å²) in [5, 5.41) is 2.16. The van der Waals surface area contributed by atoms with Gasteiger partial charge in [-0.05, 0) is 24.3 Å². The summed E-state index contributed by atoms with van der Waals surface area (Å²) >= 11 is 0. The molecule has 0 amide bonds.